The Balaban J connectivity index is 0.000000149. The number of benzene rings is 8. The molecule has 4 aliphatic carbocycles. The number of nitrogens with zero attached hydrogens (tertiary/aromatic N) is 7. The minimum atomic E-state index is -5.81. The summed E-state index contributed by atoms with van der Waals surface area (Å²) in [5.74, 6) is -8.98. The number of hydrazone groups is 1. The normalized spacial score (nSPS) is 19.3. The van der Waals surface area contributed by atoms with Crippen molar-refractivity contribution in [1.82, 2.24) is 35.8 Å². The predicted molar refractivity (Wildman–Crippen MR) is 432 cm³/mol. The third kappa shape index (κ3) is 20.5. The first kappa shape index (κ1) is 85.9. The second kappa shape index (κ2) is 39.1. The second-order valence-electron chi connectivity index (χ2n) is 26.7. The molecule has 117 heavy (non-hydrogen) atoms. The number of alkyl halides is 4. The van der Waals surface area contributed by atoms with Crippen molar-refractivity contribution >= 4 is 77.3 Å². The van der Waals surface area contributed by atoms with Crippen LogP contribution < -0.4 is 5.43 Å². The first-order chi connectivity index (χ1) is 56.0. The lowest BCUT2D eigenvalue weighted by Gasteiger charge is -2.38. The van der Waals surface area contributed by atoms with E-state index in [1.807, 2.05) is 78.9 Å². The van der Waals surface area contributed by atoms with E-state index in [1.165, 1.54) is 29.4 Å². The molecule has 602 valence electrons. The second-order valence-corrected chi connectivity index (χ2v) is 33.8. The number of methoxy groups -OCH3 is 2. The summed E-state index contributed by atoms with van der Waals surface area (Å²) in [7, 11) is -9.22. The molecule has 11 aromatic rings. The van der Waals surface area contributed by atoms with Crippen LogP contribution in [0.5, 0.6) is 0 Å². The van der Waals surface area contributed by atoms with Gasteiger partial charge in [-0.05, 0) is 145 Å². The first-order valence-corrected chi connectivity index (χ1v) is 41.5. The number of allylic oxidation sites excluding steroid dienone is 3. The van der Waals surface area contributed by atoms with Crippen LogP contribution in [0.25, 0.3) is 28.6 Å². The van der Waals surface area contributed by atoms with Crippen molar-refractivity contribution in [3.8, 4) is 22.9 Å². The third-order valence-corrected chi connectivity index (χ3v) is 25.8. The molecule has 3 fully saturated rings. The highest BCUT2D eigenvalue weighted by molar-refractivity contribution is 7.97. The van der Waals surface area contributed by atoms with Crippen molar-refractivity contribution in [1.29, 1.82) is 0 Å². The fourth-order valence-corrected chi connectivity index (χ4v) is 19.1. The lowest BCUT2D eigenvalue weighted by molar-refractivity contribution is -0.164. The number of rotatable bonds is 20. The van der Waals surface area contributed by atoms with E-state index in [4.69, 9.17) is 18.6 Å². The molecule has 0 radical (unpaired) electrons. The molecule has 5 aliphatic rings. The van der Waals surface area contributed by atoms with Gasteiger partial charge < -0.3 is 18.9 Å². The largest absolute Gasteiger partial charge is 0.469 e. The molecule has 0 saturated heterocycles. The summed E-state index contributed by atoms with van der Waals surface area (Å²) in [6.45, 7) is -3.70. The van der Waals surface area contributed by atoms with Crippen LogP contribution in [0.4, 0.5) is 17.6 Å². The van der Waals surface area contributed by atoms with Crippen LogP contribution in [0, 0.1) is 53.3 Å². The number of esters is 4. The van der Waals surface area contributed by atoms with Gasteiger partial charge in [-0.3, -0.25) is 43.7 Å². The zero-order chi connectivity index (χ0) is 82.0. The van der Waals surface area contributed by atoms with Crippen molar-refractivity contribution in [3.63, 3.8) is 0 Å². The van der Waals surface area contributed by atoms with E-state index in [9.17, 15) is 53.6 Å². The number of hydrogen-bond acceptors (Lipinski definition) is 20. The number of nitrogens with one attached hydrogen (secondary N) is 1. The lowest BCUT2D eigenvalue weighted by atomic mass is 9.67. The van der Waals surface area contributed by atoms with Crippen molar-refractivity contribution in [3.05, 3.63) is 320 Å². The maximum atomic E-state index is 13.8. The Kier molecular flexibility index (Phi) is 28.7. The topological polar surface area (TPSA) is 316 Å². The fourth-order valence-electron chi connectivity index (χ4n) is 14.4. The molecule has 1 aliphatic heterocycles. The Labute approximate surface area is 679 Å². The highest BCUT2D eigenvalue weighted by Crippen LogP contribution is 2.62. The van der Waals surface area contributed by atoms with Crippen LogP contribution in [0.1, 0.15) is 31.5 Å². The highest BCUT2D eigenvalue weighted by Gasteiger charge is 2.64. The van der Waals surface area contributed by atoms with Crippen LogP contribution >= 0.6 is 0 Å². The van der Waals surface area contributed by atoms with Gasteiger partial charge >= 0.3 is 54.6 Å². The zero-order valence-corrected chi connectivity index (χ0v) is 65.2. The van der Waals surface area contributed by atoms with Gasteiger partial charge in [-0.2, -0.15) is 39.5 Å². The molecule has 8 aromatic carbocycles. The number of fused-ring (bicyclic) bond motifs is 7. The third-order valence-electron chi connectivity index (χ3n) is 19.6. The number of halogens is 4. The van der Waals surface area contributed by atoms with Gasteiger partial charge in [0, 0.05) is 23.9 Å². The summed E-state index contributed by atoms with van der Waals surface area (Å²) in [5, 5.41) is 11.5. The zero-order valence-electron chi connectivity index (χ0n) is 62.0. The molecular weight excluding hydrogens is 1590 g/mol. The quantitative estimate of drug-likeness (QED) is 0.0159. The average molecular weight is 1670 g/mol. The summed E-state index contributed by atoms with van der Waals surface area (Å²) in [4.78, 5) is 66.5. The Morgan fingerprint density at radius 1 is 0.427 bits per heavy atom. The SMILES string of the molecule is C.COC(=O)C1C2C=CC(C2)C1C(=O)OCC(F)(F)S(=O)(=O)O.COC(=O)C1C2CC(C3=C(c4ccccn4)NN=C(c4ccccc4)C32)C1C(=O)OCC(F)(F)S(=O)(=O)O.c1ccc(-c2nnc(-c3ccccn3)nn2)cc1.c1ccc([S+](c2ccccc2)c2ccccc2)cc1.c1ccc([S+](c2ccccc2)c2ccccc2)cc1. The van der Waals surface area contributed by atoms with Gasteiger partial charge in [-0.25, -0.2) is 0 Å². The van der Waals surface area contributed by atoms with Gasteiger partial charge in [-0.15, -0.1) is 20.4 Å². The maximum Gasteiger partial charge on any atom is 0.402 e. The van der Waals surface area contributed by atoms with E-state index in [1.54, 1.807) is 42.7 Å². The summed E-state index contributed by atoms with van der Waals surface area (Å²) in [6, 6.07) is 94.0. The van der Waals surface area contributed by atoms with Gasteiger partial charge in [0.05, 0.1) is 76.8 Å². The number of ether oxygens (including phenoxy) is 4. The van der Waals surface area contributed by atoms with Crippen LogP contribution in [0.2, 0.25) is 0 Å². The number of hydrogen-bond donors (Lipinski definition) is 3. The number of aromatic nitrogens is 6. The maximum absolute atomic E-state index is 13.8. The van der Waals surface area contributed by atoms with E-state index >= 15 is 0 Å². The van der Waals surface area contributed by atoms with Crippen molar-refractivity contribution in [2.45, 2.75) is 60.2 Å². The van der Waals surface area contributed by atoms with Gasteiger partial charge in [0.25, 0.3) is 0 Å². The van der Waals surface area contributed by atoms with Gasteiger partial charge in [0.15, 0.2) is 42.6 Å². The molecule has 9 unspecified atom stereocenters. The van der Waals surface area contributed by atoms with Gasteiger partial charge in [0.2, 0.25) is 11.6 Å². The van der Waals surface area contributed by atoms with Crippen molar-refractivity contribution < 1.29 is 81.6 Å². The molecule has 3 saturated carbocycles. The first-order valence-electron chi connectivity index (χ1n) is 36.2. The van der Waals surface area contributed by atoms with Crippen LogP contribution in [0.15, 0.2) is 344 Å². The van der Waals surface area contributed by atoms with E-state index in [0.717, 1.165) is 30.9 Å². The van der Waals surface area contributed by atoms with Crippen LogP contribution in [0.3, 0.4) is 0 Å². The summed E-state index contributed by atoms with van der Waals surface area (Å²) in [5.41, 5.74) is 7.84. The molecule has 22 nitrogen and oxygen atoms in total. The molecule has 0 spiro atoms. The molecule has 30 heteroatoms. The molecule has 3 aromatic heterocycles. The van der Waals surface area contributed by atoms with E-state index in [2.05, 4.69) is 232 Å². The molecule has 4 bridgehead atoms. The number of carbonyl (C=O) groups is 4. The average Bonchev–Trinajstić information content (AvgIpc) is 1.55. The van der Waals surface area contributed by atoms with E-state index < -0.39 is 109 Å². The summed E-state index contributed by atoms with van der Waals surface area (Å²) in [6.07, 6.45) is 7.54. The summed E-state index contributed by atoms with van der Waals surface area (Å²) >= 11 is 0. The standard InChI is InChI=1S/C25H23F2N3O7S.2C18H15S.C13H9N5.C12H14F2O7S.CH4/c1-36-23(31)19-14-11-15(20(19)24(32)37-12-25(26,27)38(33,34)35)18-17(14)21(13-7-3-2-4-8-13)29-30-22(18)16-9-5-6-10-28-16;2*1-4-10-16(11-5-1)19(17-12-6-2-7-13-17)18-14-8-3-9-15-18;1-2-6-10(7-3-1)12-15-17-13(18-16-12)11-8-4-5-9-14-11;1-20-10(15)8-6-2-3-7(4-6)9(8)11(16)21-5-12(13,14)22(17,18)19;/h2-10,14-15,17,19-20,30H,11-12H2,1H3,(H,33,34,35);2*1-15H;1-9H;2-3,6-9H,4-5H2,1H3,(H,17,18,19);1H4/q;2*+1;;;. The van der Waals surface area contributed by atoms with E-state index in [-0.39, 0.29) is 41.1 Å². The minimum absolute atomic E-state index is 0. The molecule has 4 heterocycles. The van der Waals surface area contributed by atoms with Gasteiger partial charge in [0.1, 0.15) is 5.69 Å². The predicted octanol–water partition coefficient (Wildman–Crippen LogP) is 15.3. The monoisotopic (exact) mass is 1660 g/mol. The summed E-state index contributed by atoms with van der Waals surface area (Å²) < 4.78 is 132. The minimum Gasteiger partial charge on any atom is -0.469 e. The Morgan fingerprint density at radius 3 is 1.13 bits per heavy atom. The molecular formula is C87H80F4N8O14S4+2. The number of carbonyl (C=O) groups excluding carboxylic acids is 4. The molecule has 16 rings (SSSR count). The highest BCUT2D eigenvalue weighted by atomic mass is 32.2. The smallest absolute Gasteiger partial charge is 0.402 e. The van der Waals surface area contributed by atoms with E-state index in [0.29, 0.717) is 47.3 Å². The Morgan fingerprint density at radius 2 is 0.761 bits per heavy atom. The molecule has 0 amide bonds. The van der Waals surface area contributed by atoms with Crippen molar-refractivity contribution in [2.24, 2.45) is 58.4 Å². The van der Waals surface area contributed by atoms with Gasteiger partial charge in [-0.1, -0.05) is 202 Å². The molecule has 3 N–H and O–H groups in total. The lowest BCUT2D eigenvalue weighted by Crippen LogP contribution is -2.46. The fraction of sp³-hybridized carbons (Fsp3) is 0.207. The van der Waals surface area contributed by atoms with Crippen molar-refractivity contribution in [2.75, 3.05) is 27.4 Å². The molecule has 9 atom stereocenters. The van der Waals surface area contributed by atoms with Crippen LogP contribution in [-0.2, 0) is 80.2 Å². The van der Waals surface area contributed by atoms with Crippen LogP contribution in [-0.4, -0.2) is 124 Å². The Bertz CT molecular complexity index is 5110. The number of pyridine rings is 2. The Hall–Kier alpha value is -11.9.